The first kappa shape index (κ1) is 8.77. The molecule has 0 aromatic rings. The Morgan fingerprint density at radius 1 is 1.46 bits per heavy atom. The minimum absolute atomic E-state index is 0.366. The normalized spacial score (nSPS) is 41.5. The molecule has 0 aromatic heterocycles. The van der Waals surface area contributed by atoms with Gasteiger partial charge in [0.15, 0.2) is 0 Å². The molecule has 0 spiro atoms. The van der Waals surface area contributed by atoms with E-state index in [1.165, 1.54) is 0 Å². The second kappa shape index (κ2) is 2.85. The summed E-state index contributed by atoms with van der Waals surface area (Å²) in [5.41, 5.74) is 0. The number of aldehydes is 1. The molecule has 2 aliphatic rings. The number of rotatable bonds is 1. The van der Waals surface area contributed by atoms with Crippen molar-refractivity contribution in [1.29, 1.82) is 0 Å². The second-order valence-corrected chi connectivity index (χ2v) is 3.08. The van der Waals surface area contributed by atoms with Crippen LogP contribution >= 0.6 is 0 Å². The molecule has 0 radical (unpaired) electrons. The van der Waals surface area contributed by atoms with Crippen molar-refractivity contribution in [3.05, 3.63) is 12.2 Å². The van der Waals surface area contributed by atoms with Crippen molar-refractivity contribution in [3.8, 4) is 0 Å². The second-order valence-electron chi connectivity index (χ2n) is 3.08. The maximum absolute atomic E-state index is 12.6. The van der Waals surface area contributed by atoms with Crippen molar-refractivity contribution < 1.29 is 23.0 Å². The van der Waals surface area contributed by atoms with E-state index in [-0.39, 0.29) is 0 Å². The molecule has 1 aliphatic heterocycles. The van der Waals surface area contributed by atoms with Gasteiger partial charge in [0, 0.05) is 0 Å². The molecular formula is C8H8F2O3. The monoisotopic (exact) mass is 190 g/mol. The third-order valence-electron chi connectivity index (χ3n) is 2.19. The average Bonchev–Trinajstić information content (AvgIpc) is 2.37. The molecule has 0 amide bonds. The zero-order valence-electron chi connectivity index (χ0n) is 6.65. The minimum atomic E-state index is -3.54. The fraction of sp³-hybridized carbons (Fsp3) is 0.625. The van der Waals surface area contributed by atoms with E-state index < -0.39 is 24.4 Å². The van der Waals surface area contributed by atoms with Gasteiger partial charge < -0.3 is 4.79 Å². The van der Waals surface area contributed by atoms with Gasteiger partial charge in [-0.05, 0) is 6.42 Å². The number of fused-ring (bicyclic) bond motifs is 1. The first-order valence-electron chi connectivity index (χ1n) is 3.98. The molecule has 3 atom stereocenters. The van der Waals surface area contributed by atoms with Gasteiger partial charge >= 0.3 is 6.29 Å². The predicted octanol–water partition coefficient (Wildman–Crippen LogP) is 1.10. The molecule has 72 valence electrons. The average molecular weight is 190 g/mol. The molecule has 1 heterocycles. The van der Waals surface area contributed by atoms with Crippen LogP contribution in [0.2, 0.25) is 0 Å². The number of carbonyl (C=O) groups excluding carboxylic acids is 1. The van der Waals surface area contributed by atoms with Gasteiger partial charge in [-0.2, -0.15) is 0 Å². The maximum Gasteiger partial charge on any atom is 0.486 e. The topological polar surface area (TPSA) is 35.5 Å². The minimum Gasteiger partial charge on any atom is -0.303 e. The number of carbonyl (C=O) groups is 1. The Morgan fingerprint density at radius 3 is 2.92 bits per heavy atom. The van der Waals surface area contributed by atoms with Crippen LogP contribution in [0.15, 0.2) is 12.2 Å². The lowest BCUT2D eigenvalue weighted by atomic mass is 9.92. The highest BCUT2D eigenvalue weighted by Gasteiger charge is 2.52. The zero-order chi connectivity index (χ0) is 9.47. The lowest BCUT2D eigenvalue weighted by molar-refractivity contribution is -0.351. The third-order valence-corrected chi connectivity index (χ3v) is 2.19. The van der Waals surface area contributed by atoms with Gasteiger partial charge in [-0.25, -0.2) is 0 Å². The molecule has 3 nitrogen and oxygen atoms in total. The summed E-state index contributed by atoms with van der Waals surface area (Å²) in [6.07, 6.45) is -0.887. The standard InChI is InChI=1S/C8H8F2O3/c9-8(10)12-6-3-1-2-5(4-11)7(6)13-8/h1-2,4-7H,3H2. The summed E-state index contributed by atoms with van der Waals surface area (Å²) in [5, 5.41) is 0. The van der Waals surface area contributed by atoms with Crippen molar-refractivity contribution in [1.82, 2.24) is 0 Å². The van der Waals surface area contributed by atoms with Crippen LogP contribution in [0.5, 0.6) is 0 Å². The molecule has 3 unspecified atom stereocenters. The Balaban J connectivity index is 2.18. The summed E-state index contributed by atoms with van der Waals surface area (Å²) in [7, 11) is 0. The smallest absolute Gasteiger partial charge is 0.303 e. The highest BCUT2D eigenvalue weighted by Crippen LogP contribution is 2.38. The number of alkyl halides is 2. The van der Waals surface area contributed by atoms with Crippen molar-refractivity contribution >= 4 is 6.29 Å². The predicted molar refractivity (Wildman–Crippen MR) is 38.0 cm³/mol. The molecule has 0 N–H and O–H groups in total. The Kier molecular flexibility index (Phi) is 1.92. The van der Waals surface area contributed by atoms with Crippen molar-refractivity contribution in [3.63, 3.8) is 0 Å². The van der Waals surface area contributed by atoms with E-state index in [4.69, 9.17) is 0 Å². The Labute approximate surface area is 73.3 Å². The fourth-order valence-corrected chi connectivity index (χ4v) is 1.62. The number of hydrogen-bond donors (Lipinski definition) is 0. The van der Waals surface area contributed by atoms with Crippen LogP contribution in [0.3, 0.4) is 0 Å². The van der Waals surface area contributed by atoms with Crippen LogP contribution in [0.25, 0.3) is 0 Å². The van der Waals surface area contributed by atoms with E-state index in [2.05, 4.69) is 9.47 Å². The van der Waals surface area contributed by atoms with Gasteiger partial charge in [0.2, 0.25) is 0 Å². The van der Waals surface area contributed by atoms with Gasteiger partial charge in [0.25, 0.3) is 0 Å². The van der Waals surface area contributed by atoms with Crippen LogP contribution in [0.4, 0.5) is 8.78 Å². The molecule has 13 heavy (non-hydrogen) atoms. The summed E-state index contributed by atoms with van der Waals surface area (Å²) in [4.78, 5) is 10.5. The van der Waals surface area contributed by atoms with Crippen LogP contribution in [-0.4, -0.2) is 24.8 Å². The maximum atomic E-state index is 12.6. The van der Waals surface area contributed by atoms with E-state index in [0.29, 0.717) is 12.7 Å². The fourth-order valence-electron chi connectivity index (χ4n) is 1.62. The summed E-state index contributed by atoms with van der Waals surface area (Å²) in [6, 6.07) is 0. The summed E-state index contributed by atoms with van der Waals surface area (Å²) >= 11 is 0. The molecule has 2 rings (SSSR count). The lowest BCUT2D eigenvalue weighted by Crippen LogP contribution is -2.33. The molecule has 0 aromatic carbocycles. The van der Waals surface area contributed by atoms with E-state index in [1.807, 2.05) is 0 Å². The first-order valence-corrected chi connectivity index (χ1v) is 3.98. The SMILES string of the molecule is O=CC1C=CCC2OC(F)(F)OC12. The van der Waals surface area contributed by atoms with Crippen molar-refractivity contribution in [2.45, 2.75) is 24.9 Å². The highest BCUT2D eigenvalue weighted by atomic mass is 19.3. The Hall–Kier alpha value is -0.810. The van der Waals surface area contributed by atoms with Crippen LogP contribution in [0.1, 0.15) is 6.42 Å². The summed E-state index contributed by atoms with van der Waals surface area (Å²) < 4.78 is 33.8. The summed E-state index contributed by atoms with van der Waals surface area (Å²) in [6.45, 7) is 0. The van der Waals surface area contributed by atoms with Gasteiger partial charge in [-0.15, -0.1) is 8.78 Å². The molecule has 1 fully saturated rings. The lowest BCUT2D eigenvalue weighted by Gasteiger charge is -2.21. The number of halogens is 2. The van der Waals surface area contributed by atoms with E-state index >= 15 is 0 Å². The van der Waals surface area contributed by atoms with Gasteiger partial charge in [0.05, 0.1) is 12.0 Å². The van der Waals surface area contributed by atoms with Crippen molar-refractivity contribution in [2.75, 3.05) is 0 Å². The largest absolute Gasteiger partial charge is 0.486 e. The molecule has 1 saturated heterocycles. The van der Waals surface area contributed by atoms with Gasteiger partial charge in [0.1, 0.15) is 12.4 Å². The molecule has 5 heteroatoms. The quantitative estimate of drug-likeness (QED) is 0.458. The molecule has 0 saturated carbocycles. The summed E-state index contributed by atoms with van der Waals surface area (Å²) in [5.74, 6) is -0.618. The number of ether oxygens (including phenoxy) is 2. The van der Waals surface area contributed by atoms with E-state index in [1.54, 1.807) is 12.2 Å². The first-order chi connectivity index (χ1) is 6.12. The Morgan fingerprint density at radius 2 is 2.23 bits per heavy atom. The third kappa shape index (κ3) is 1.49. The Bertz CT molecular complexity index is 252. The van der Waals surface area contributed by atoms with E-state index in [9.17, 15) is 13.6 Å². The van der Waals surface area contributed by atoms with Gasteiger partial charge in [-0.3, -0.25) is 9.47 Å². The molecular weight excluding hydrogens is 182 g/mol. The van der Waals surface area contributed by atoms with Gasteiger partial charge in [-0.1, -0.05) is 12.2 Å². The molecule has 0 bridgehead atoms. The zero-order valence-corrected chi connectivity index (χ0v) is 6.65. The van der Waals surface area contributed by atoms with Crippen LogP contribution < -0.4 is 0 Å². The highest BCUT2D eigenvalue weighted by molar-refractivity contribution is 5.58. The van der Waals surface area contributed by atoms with Crippen molar-refractivity contribution in [2.24, 2.45) is 5.92 Å². The van der Waals surface area contributed by atoms with Crippen LogP contribution in [0, 0.1) is 5.92 Å². The molecule has 1 aliphatic carbocycles. The van der Waals surface area contributed by atoms with Crippen LogP contribution in [-0.2, 0) is 14.3 Å². The number of hydrogen-bond acceptors (Lipinski definition) is 3. The van der Waals surface area contributed by atoms with E-state index in [0.717, 1.165) is 0 Å².